The average Bonchev–Trinajstić information content (AvgIpc) is 3.05. The van der Waals surface area contributed by atoms with Crippen LogP contribution in [0.5, 0.6) is 0 Å². The Morgan fingerprint density at radius 2 is 0.857 bits per heavy atom. The van der Waals surface area contributed by atoms with Crippen LogP contribution in [-0.4, -0.2) is 0 Å². The topological polar surface area (TPSA) is 0 Å². The van der Waals surface area contributed by atoms with E-state index in [2.05, 4.69) is 140 Å². The van der Waals surface area contributed by atoms with Crippen LogP contribution in [0.1, 0.15) is 86.1 Å². The fourth-order valence-corrected chi connectivity index (χ4v) is 5.92. The predicted molar refractivity (Wildman–Crippen MR) is 151 cm³/mol. The van der Waals surface area contributed by atoms with Gasteiger partial charge in [-0.3, -0.25) is 0 Å². The van der Waals surface area contributed by atoms with Gasteiger partial charge in [-0.25, -0.2) is 0 Å². The molecule has 35 heavy (non-hydrogen) atoms. The first kappa shape index (κ1) is 23.6. The van der Waals surface area contributed by atoms with E-state index in [-0.39, 0.29) is 16.2 Å². The Hall–Kier alpha value is -3.12. The van der Waals surface area contributed by atoms with Gasteiger partial charge < -0.3 is 0 Å². The molecule has 0 aliphatic heterocycles. The van der Waals surface area contributed by atoms with E-state index in [1.165, 1.54) is 55.6 Å². The van der Waals surface area contributed by atoms with Gasteiger partial charge in [-0.05, 0) is 58.4 Å². The first-order valence-electron chi connectivity index (χ1n) is 12.9. The molecule has 0 amide bonds. The van der Waals surface area contributed by atoms with Gasteiger partial charge in [0.15, 0.2) is 0 Å². The van der Waals surface area contributed by atoms with Crippen LogP contribution in [0.15, 0.2) is 84.9 Å². The number of rotatable bonds is 4. The van der Waals surface area contributed by atoms with Crippen molar-refractivity contribution in [1.82, 2.24) is 0 Å². The number of fused-ring (bicyclic) bond motifs is 3. The van der Waals surface area contributed by atoms with Crippen LogP contribution < -0.4 is 0 Å². The lowest BCUT2D eigenvalue weighted by Crippen LogP contribution is -2.22. The summed E-state index contributed by atoms with van der Waals surface area (Å²) in [7, 11) is 0. The van der Waals surface area contributed by atoms with Gasteiger partial charge in [0.05, 0.1) is 0 Å². The Morgan fingerprint density at radius 1 is 0.486 bits per heavy atom. The Balaban J connectivity index is 1.59. The van der Waals surface area contributed by atoms with E-state index in [1.54, 1.807) is 0 Å². The standard InChI is InChI=1S/C35H38/c1-23-11-9-13-25(19-23)33(3,4)27-15-17-29-30-18-16-28(22-32(30)35(7,8)31(29)21-27)34(5,6)26-14-10-12-24(2)20-26/h9-22H,1-8H3. The van der Waals surface area contributed by atoms with Crippen molar-refractivity contribution in [2.24, 2.45) is 0 Å². The summed E-state index contributed by atoms with van der Waals surface area (Å²) in [5.74, 6) is 0. The van der Waals surface area contributed by atoms with Gasteiger partial charge >= 0.3 is 0 Å². The van der Waals surface area contributed by atoms with E-state index in [4.69, 9.17) is 0 Å². The van der Waals surface area contributed by atoms with Gasteiger partial charge in [0.1, 0.15) is 0 Å². The second-order valence-electron chi connectivity index (χ2n) is 12.1. The lowest BCUT2D eigenvalue weighted by molar-refractivity contribution is 0.618. The highest BCUT2D eigenvalue weighted by molar-refractivity contribution is 5.81. The molecule has 5 rings (SSSR count). The van der Waals surface area contributed by atoms with E-state index in [0.717, 1.165) is 0 Å². The Kier molecular flexibility index (Phi) is 5.37. The second-order valence-corrected chi connectivity index (χ2v) is 12.1. The Bertz CT molecular complexity index is 1320. The fraction of sp³-hybridized carbons (Fsp3) is 0.314. The lowest BCUT2D eigenvalue weighted by Gasteiger charge is -2.30. The minimum atomic E-state index is -0.0514. The highest BCUT2D eigenvalue weighted by atomic mass is 14.4. The first-order valence-corrected chi connectivity index (χ1v) is 12.9. The summed E-state index contributed by atoms with van der Waals surface area (Å²) in [6, 6.07) is 32.3. The molecule has 0 N–H and O–H groups in total. The van der Waals surface area contributed by atoms with E-state index in [9.17, 15) is 0 Å². The summed E-state index contributed by atoms with van der Waals surface area (Å²) in [5, 5.41) is 0. The van der Waals surface area contributed by atoms with Crippen molar-refractivity contribution < 1.29 is 0 Å². The minimum absolute atomic E-state index is 0.0396. The van der Waals surface area contributed by atoms with Gasteiger partial charge in [0, 0.05) is 16.2 Å². The number of hydrogen-bond acceptors (Lipinski definition) is 0. The van der Waals surface area contributed by atoms with Crippen molar-refractivity contribution in [2.45, 2.75) is 71.6 Å². The van der Waals surface area contributed by atoms with Crippen LogP contribution in [-0.2, 0) is 16.2 Å². The summed E-state index contributed by atoms with van der Waals surface area (Å²) in [5.41, 5.74) is 13.6. The zero-order valence-corrected chi connectivity index (χ0v) is 22.6. The molecule has 4 aromatic carbocycles. The quantitative estimate of drug-likeness (QED) is 0.286. The maximum absolute atomic E-state index is 2.48. The molecule has 0 nitrogen and oxygen atoms in total. The summed E-state index contributed by atoms with van der Waals surface area (Å²) >= 11 is 0. The average molecular weight is 459 g/mol. The highest BCUT2D eigenvalue weighted by Gasteiger charge is 2.38. The minimum Gasteiger partial charge on any atom is -0.0617 e. The molecule has 0 saturated heterocycles. The third kappa shape index (κ3) is 3.75. The molecular formula is C35H38. The molecule has 1 aliphatic rings. The molecule has 1 aliphatic carbocycles. The molecule has 0 heterocycles. The molecule has 0 fully saturated rings. The maximum atomic E-state index is 2.48. The van der Waals surface area contributed by atoms with Crippen LogP contribution in [0, 0.1) is 13.8 Å². The molecule has 0 spiro atoms. The molecule has 0 saturated carbocycles. The van der Waals surface area contributed by atoms with Crippen molar-refractivity contribution in [3.8, 4) is 11.1 Å². The summed E-state index contributed by atoms with van der Waals surface area (Å²) < 4.78 is 0. The number of hydrogen-bond donors (Lipinski definition) is 0. The van der Waals surface area contributed by atoms with Crippen molar-refractivity contribution in [3.05, 3.63) is 129 Å². The largest absolute Gasteiger partial charge is 0.0617 e. The smallest absolute Gasteiger partial charge is 0.0159 e. The molecule has 0 unspecified atom stereocenters. The molecule has 178 valence electrons. The van der Waals surface area contributed by atoms with Crippen molar-refractivity contribution in [1.29, 1.82) is 0 Å². The SMILES string of the molecule is Cc1cccc(C(C)(C)c2ccc3c(c2)C(C)(C)c2cc(C(C)(C)c4cccc(C)c4)ccc2-3)c1. The van der Waals surface area contributed by atoms with Crippen LogP contribution >= 0.6 is 0 Å². The van der Waals surface area contributed by atoms with Crippen molar-refractivity contribution >= 4 is 0 Å². The van der Waals surface area contributed by atoms with Gasteiger partial charge in [0.2, 0.25) is 0 Å². The molecule has 0 aromatic heterocycles. The Labute approximate surface area is 212 Å². The van der Waals surface area contributed by atoms with Crippen molar-refractivity contribution in [3.63, 3.8) is 0 Å². The summed E-state index contributed by atoms with van der Waals surface area (Å²) in [4.78, 5) is 0. The molecule has 0 heteroatoms. The van der Waals surface area contributed by atoms with E-state index < -0.39 is 0 Å². The summed E-state index contributed by atoms with van der Waals surface area (Å²) in [6.45, 7) is 18.5. The zero-order chi connectivity index (χ0) is 25.2. The number of aryl methyl sites for hydroxylation is 2. The van der Waals surface area contributed by atoms with Gasteiger partial charge in [-0.1, -0.05) is 138 Å². The molecular weight excluding hydrogens is 420 g/mol. The third-order valence-electron chi connectivity index (χ3n) is 8.60. The normalized spacial score (nSPS) is 14.5. The van der Waals surface area contributed by atoms with Crippen LogP contribution in [0.4, 0.5) is 0 Å². The number of benzene rings is 4. The van der Waals surface area contributed by atoms with Crippen LogP contribution in [0.25, 0.3) is 11.1 Å². The van der Waals surface area contributed by atoms with Crippen LogP contribution in [0.3, 0.4) is 0 Å². The van der Waals surface area contributed by atoms with Crippen LogP contribution in [0.2, 0.25) is 0 Å². The van der Waals surface area contributed by atoms with Gasteiger partial charge in [0.25, 0.3) is 0 Å². The predicted octanol–water partition coefficient (Wildman–Crippen LogP) is 9.26. The zero-order valence-electron chi connectivity index (χ0n) is 22.6. The molecule has 0 atom stereocenters. The Morgan fingerprint density at radius 3 is 1.23 bits per heavy atom. The van der Waals surface area contributed by atoms with E-state index in [0.29, 0.717) is 0 Å². The van der Waals surface area contributed by atoms with Gasteiger partial charge in [-0.2, -0.15) is 0 Å². The highest BCUT2D eigenvalue weighted by Crippen LogP contribution is 2.51. The lowest BCUT2D eigenvalue weighted by atomic mass is 9.73. The monoisotopic (exact) mass is 458 g/mol. The second kappa shape index (κ2) is 7.95. The summed E-state index contributed by atoms with van der Waals surface area (Å²) in [6.07, 6.45) is 0. The maximum Gasteiger partial charge on any atom is 0.0159 e. The molecule has 0 radical (unpaired) electrons. The van der Waals surface area contributed by atoms with Crippen molar-refractivity contribution in [2.75, 3.05) is 0 Å². The third-order valence-corrected chi connectivity index (χ3v) is 8.60. The van der Waals surface area contributed by atoms with Gasteiger partial charge in [-0.15, -0.1) is 0 Å². The van der Waals surface area contributed by atoms with E-state index in [1.807, 2.05) is 0 Å². The molecule has 0 bridgehead atoms. The molecule has 4 aromatic rings. The first-order chi connectivity index (χ1) is 16.4. The fourth-order valence-electron chi connectivity index (χ4n) is 5.92. The van der Waals surface area contributed by atoms with E-state index >= 15 is 0 Å².